The molecule has 0 bridgehead atoms. The van der Waals surface area contributed by atoms with Crippen molar-refractivity contribution in [3.05, 3.63) is 12.2 Å². The van der Waals surface area contributed by atoms with Crippen LogP contribution in [0.2, 0.25) is 0 Å². The Morgan fingerprint density at radius 3 is 2.23 bits per heavy atom. The van der Waals surface area contributed by atoms with Crippen LogP contribution in [-0.4, -0.2) is 6.54 Å². The molecule has 78 valence electrons. The first-order chi connectivity index (χ1) is 5.95. The summed E-state index contributed by atoms with van der Waals surface area (Å²) in [7, 11) is 0. The fraction of sp³-hybridized carbons (Fsp3) is 0.833. The fourth-order valence-electron chi connectivity index (χ4n) is 1.53. The molecule has 0 aliphatic rings. The van der Waals surface area contributed by atoms with E-state index in [-0.39, 0.29) is 0 Å². The minimum atomic E-state index is 0.394. The molecule has 0 fully saturated rings. The Bertz CT molecular complexity index is 142. The summed E-state index contributed by atoms with van der Waals surface area (Å²) in [5.74, 6) is 0. The van der Waals surface area contributed by atoms with Gasteiger partial charge in [0, 0.05) is 0 Å². The van der Waals surface area contributed by atoms with Crippen LogP contribution in [0.4, 0.5) is 0 Å². The molecule has 0 rings (SSSR count). The zero-order chi connectivity index (χ0) is 10.3. The van der Waals surface area contributed by atoms with Gasteiger partial charge in [-0.05, 0) is 37.6 Å². The van der Waals surface area contributed by atoms with Crippen LogP contribution in [0.3, 0.4) is 0 Å². The molecule has 0 aliphatic heterocycles. The Kier molecular flexibility index (Phi) is 6.06. The lowest BCUT2D eigenvalue weighted by atomic mass is 9.87. The molecule has 0 aromatic heterocycles. The molecule has 13 heavy (non-hydrogen) atoms. The summed E-state index contributed by atoms with van der Waals surface area (Å²) in [5, 5.41) is 0. The van der Waals surface area contributed by atoms with Gasteiger partial charge in [-0.1, -0.05) is 39.3 Å². The van der Waals surface area contributed by atoms with Crippen LogP contribution < -0.4 is 5.73 Å². The normalized spacial score (nSPS) is 11.7. The van der Waals surface area contributed by atoms with Crippen LogP contribution in [-0.2, 0) is 0 Å². The zero-order valence-corrected chi connectivity index (χ0v) is 9.53. The number of nitrogens with two attached hydrogens (primary N) is 1. The average Bonchev–Trinajstić information content (AvgIpc) is 1.94. The molecule has 0 spiro atoms. The average molecular weight is 183 g/mol. The van der Waals surface area contributed by atoms with Crippen molar-refractivity contribution in [3.8, 4) is 0 Å². The van der Waals surface area contributed by atoms with E-state index in [1.54, 1.807) is 0 Å². The maximum absolute atomic E-state index is 5.42. The number of rotatable bonds is 6. The maximum atomic E-state index is 5.42. The third kappa shape index (κ3) is 9.62. The van der Waals surface area contributed by atoms with Crippen LogP contribution >= 0.6 is 0 Å². The third-order valence-corrected chi connectivity index (χ3v) is 2.01. The van der Waals surface area contributed by atoms with Gasteiger partial charge in [0.2, 0.25) is 0 Å². The number of hydrogen-bond acceptors (Lipinski definition) is 1. The van der Waals surface area contributed by atoms with Gasteiger partial charge in [-0.3, -0.25) is 0 Å². The molecular formula is C12H25N. The van der Waals surface area contributed by atoms with Crippen molar-refractivity contribution < 1.29 is 0 Å². The van der Waals surface area contributed by atoms with E-state index in [0.29, 0.717) is 5.41 Å². The highest BCUT2D eigenvalue weighted by molar-refractivity contribution is 4.97. The van der Waals surface area contributed by atoms with Crippen LogP contribution in [0, 0.1) is 5.41 Å². The first kappa shape index (κ1) is 12.7. The van der Waals surface area contributed by atoms with E-state index in [9.17, 15) is 0 Å². The summed E-state index contributed by atoms with van der Waals surface area (Å²) < 4.78 is 0. The molecule has 0 amide bonds. The summed E-state index contributed by atoms with van der Waals surface area (Å²) in [6.07, 6.45) is 5.99. The minimum absolute atomic E-state index is 0.394. The van der Waals surface area contributed by atoms with Gasteiger partial charge in [0.25, 0.3) is 0 Å². The van der Waals surface area contributed by atoms with Gasteiger partial charge >= 0.3 is 0 Å². The SMILES string of the molecule is C=C(CCCCCN)CC(C)(C)C. The molecule has 0 aliphatic carbocycles. The molecule has 2 N–H and O–H groups in total. The lowest BCUT2D eigenvalue weighted by molar-refractivity contribution is 0.403. The van der Waals surface area contributed by atoms with Crippen molar-refractivity contribution in [2.75, 3.05) is 6.54 Å². The van der Waals surface area contributed by atoms with Gasteiger partial charge in [0.15, 0.2) is 0 Å². The summed E-state index contributed by atoms with van der Waals surface area (Å²) in [4.78, 5) is 0. The van der Waals surface area contributed by atoms with Crippen LogP contribution in [0.1, 0.15) is 52.9 Å². The van der Waals surface area contributed by atoms with Gasteiger partial charge in [0.05, 0.1) is 0 Å². The second kappa shape index (κ2) is 6.20. The molecule has 0 atom stereocenters. The Morgan fingerprint density at radius 2 is 1.77 bits per heavy atom. The number of allylic oxidation sites excluding steroid dienone is 1. The van der Waals surface area contributed by atoms with E-state index in [4.69, 9.17) is 5.73 Å². The Hall–Kier alpha value is -0.300. The number of hydrogen-bond donors (Lipinski definition) is 1. The van der Waals surface area contributed by atoms with Gasteiger partial charge < -0.3 is 5.73 Å². The molecule has 0 aromatic rings. The predicted octanol–water partition coefficient (Wildman–Crippen LogP) is 3.50. The lowest BCUT2D eigenvalue weighted by Gasteiger charge is -2.19. The summed E-state index contributed by atoms with van der Waals surface area (Å²) in [6, 6.07) is 0. The standard InChI is InChI=1S/C12H25N/c1-11(10-12(2,3)4)8-6-5-7-9-13/h1,5-10,13H2,2-4H3. The van der Waals surface area contributed by atoms with Crippen LogP contribution in [0.15, 0.2) is 12.2 Å². The Balaban J connectivity index is 3.41. The quantitative estimate of drug-likeness (QED) is 0.495. The van der Waals surface area contributed by atoms with Gasteiger partial charge in [0.1, 0.15) is 0 Å². The lowest BCUT2D eigenvalue weighted by Crippen LogP contribution is -2.06. The largest absolute Gasteiger partial charge is 0.330 e. The van der Waals surface area contributed by atoms with Crippen LogP contribution in [0.5, 0.6) is 0 Å². The molecule has 1 heteroatoms. The second-order valence-corrected chi connectivity index (χ2v) is 5.09. The third-order valence-electron chi connectivity index (χ3n) is 2.01. The minimum Gasteiger partial charge on any atom is -0.330 e. The molecular weight excluding hydrogens is 158 g/mol. The second-order valence-electron chi connectivity index (χ2n) is 5.09. The van der Waals surface area contributed by atoms with E-state index in [2.05, 4.69) is 27.4 Å². The van der Waals surface area contributed by atoms with Gasteiger partial charge in [-0.15, -0.1) is 0 Å². The molecule has 0 saturated heterocycles. The van der Waals surface area contributed by atoms with E-state index < -0.39 is 0 Å². The van der Waals surface area contributed by atoms with E-state index >= 15 is 0 Å². The van der Waals surface area contributed by atoms with Gasteiger partial charge in [-0.25, -0.2) is 0 Å². The summed E-state index contributed by atoms with van der Waals surface area (Å²) >= 11 is 0. The van der Waals surface area contributed by atoms with E-state index in [1.807, 2.05) is 0 Å². The molecule has 0 heterocycles. The van der Waals surface area contributed by atoms with Crippen molar-refractivity contribution >= 4 is 0 Å². The van der Waals surface area contributed by atoms with Crippen molar-refractivity contribution in [1.29, 1.82) is 0 Å². The van der Waals surface area contributed by atoms with E-state index in [1.165, 1.54) is 24.8 Å². The first-order valence-corrected chi connectivity index (χ1v) is 5.32. The highest BCUT2D eigenvalue weighted by Crippen LogP contribution is 2.25. The smallest absolute Gasteiger partial charge is 0.00773 e. The molecule has 0 radical (unpaired) electrons. The number of unbranched alkanes of at least 4 members (excludes halogenated alkanes) is 2. The Labute approximate surface area is 83.4 Å². The fourth-order valence-corrected chi connectivity index (χ4v) is 1.53. The Morgan fingerprint density at radius 1 is 1.15 bits per heavy atom. The van der Waals surface area contributed by atoms with Crippen LogP contribution in [0.25, 0.3) is 0 Å². The maximum Gasteiger partial charge on any atom is -0.00773 e. The van der Waals surface area contributed by atoms with Crippen molar-refractivity contribution in [1.82, 2.24) is 0 Å². The molecule has 0 saturated carbocycles. The topological polar surface area (TPSA) is 26.0 Å². The van der Waals surface area contributed by atoms with E-state index in [0.717, 1.165) is 19.4 Å². The van der Waals surface area contributed by atoms with Crippen molar-refractivity contribution in [2.45, 2.75) is 52.9 Å². The van der Waals surface area contributed by atoms with Crippen molar-refractivity contribution in [2.24, 2.45) is 11.1 Å². The predicted molar refractivity (Wildman–Crippen MR) is 60.7 cm³/mol. The van der Waals surface area contributed by atoms with Crippen molar-refractivity contribution in [3.63, 3.8) is 0 Å². The summed E-state index contributed by atoms with van der Waals surface area (Å²) in [6.45, 7) is 11.7. The monoisotopic (exact) mass is 183 g/mol. The molecule has 1 nitrogen and oxygen atoms in total. The zero-order valence-electron chi connectivity index (χ0n) is 9.53. The molecule has 0 aromatic carbocycles. The molecule has 0 unspecified atom stereocenters. The summed E-state index contributed by atoms with van der Waals surface area (Å²) in [5.41, 5.74) is 7.21. The first-order valence-electron chi connectivity index (χ1n) is 5.32. The highest BCUT2D eigenvalue weighted by atomic mass is 14.5. The highest BCUT2D eigenvalue weighted by Gasteiger charge is 2.11. The van der Waals surface area contributed by atoms with Gasteiger partial charge in [-0.2, -0.15) is 0 Å².